The van der Waals surface area contributed by atoms with E-state index in [-0.39, 0.29) is 17.5 Å². The molecule has 35 heavy (non-hydrogen) atoms. The molecule has 1 fully saturated rings. The monoisotopic (exact) mass is 468 g/mol. The van der Waals surface area contributed by atoms with Crippen LogP contribution in [0, 0.1) is 5.92 Å². The topological polar surface area (TPSA) is 80.6 Å². The Morgan fingerprint density at radius 3 is 2.54 bits per heavy atom. The summed E-state index contributed by atoms with van der Waals surface area (Å²) in [6, 6.07) is 22.8. The first-order valence-corrected chi connectivity index (χ1v) is 11.9. The predicted molar refractivity (Wildman–Crippen MR) is 137 cm³/mol. The van der Waals surface area contributed by atoms with E-state index >= 15 is 0 Å². The van der Waals surface area contributed by atoms with Crippen LogP contribution in [0.5, 0.6) is 5.75 Å². The van der Waals surface area contributed by atoms with Gasteiger partial charge in [0.1, 0.15) is 11.4 Å². The number of para-hydroxylation sites is 1. The van der Waals surface area contributed by atoms with Crippen LogP contribution < -0.4 is 10.1 Å². The van der Waals surface area contributed by atoms with Gasteiger partial charge in [0.15, 0.2) is 0 Å². The number of ether oxygens (including phenoxy) is 1. The number of carbonyl (C=O) groups excluding carboxylic acids is 1. The first kappa shape index (κ1) is 22.7. The molecule has 0 spiro atoms. The van der Waals surface area contributed by atoms with Gasteiger partial charge in [0, 0.05) is 34.6 Å². The molecule has 0 atom stereocenters. The van der Waals surface area contributed by atoms with Crippen molar-refractivity contribution in [3.8, 4) is 16.9 Å². The van der Waals surface area contributed by atoms with Gasteiger partial charge in [0.25, 0.3) is 0 Å². The molecule has 1 aliphatic rings. The Morgan fingerprint density at radius 2 is 1.77 bits per heavy atom. The van der Waals surface area contributed by atoms with Crippen molar-refractivity contribution < 1.29 is 19.4 Å². The molecule has 1 saturated carbocycles. The fourth-order valence-electron chi connectivity index (χ4n) is 5.12. The number of anilines is 1. The number of nitrogens with one attached hydrogen (secondary N) is 1. The average molecular weight is 469 g/mol. The van der Waals surface area contributed by atoms with Crippen LogP contribution in [-0.2, 0) is 11.3 Å². The van der Waals surface area contributed by atoms with Gasteiger partial charge in [-0.25, -0.2) is 4.79 Å². The standard InChI is InChI=1S/C29H28N2O4/c1-35-23-13-6-8-19(16-23)18-31-25-15-5-4-14-24(25)26(27(31)29(33)34)21-11-7-12-22(17-21)30-28(32)20-9-2-3-10-20/h4-8,11-17,20H,2-3,9-10,18H2,1H3,(H,30,32)(H,33,34). The number of carbonyl (C=O) groups is 2. The number of aromatic nitrogens is 1. The molecular weight excluding hydrogens is 440 g/mol. The van der Waals surface area contributed by atoms with Gasteiger partial charge < -0.3 is 19.7 Å². The summed E-state index contributed by atoms with van der Waals surface area (Å²) in [5.74, 6) is -0.183. The summed E-state index contributed by atoms with van der Waals surface area (Å²) in [7, 11) is 1.61. The van der Waals surface area contributed by atoms with E-state index in [0.29, 0.717) is 17.8 Å². The number of amides is 1. The van der Waals surface area contributed by atoms with Crippen molar-refractivity contribution >= 4 is 28.5 Å². The van der Waals surface area contributed by atoms with Crippen LogP contribution in [-0.4, -0.2) is 28.7 Å². The number of aromatic carboxylic acids is 1. The number of carboxylic acid groups (broad SMARTS) is 1. The normalized spacial score (nSPS) is 13.7. The molecule has 178 valence electrons. The lowest BCUT2D eigenvalue weighted by Gasteiger charge is -2.12. The van der Waals surface area contributed by atoms with Crippen molar-refractivity contribution in [2.45, 2.75) is 32.2 Å². The molecule has 6 heteroatoms. The third-order valence-corrected chi connectivity index (χ3v) is 6.79. The summed E-state index contributed by atoms with van der Waals surface area (Å²) in [6.07, 6.45) is 4.03. The van der Waals surface area contributed by atoms with Crippen LogP contribution >= 0.6 is 0 Å². The highest BCUT2D eigenvalue weighted by Crippen LogP contribution is 2.37. The quantitative estimate of drug-likeness (QED) is 0.339. The molecule has 1 amide bonds. The molecule has 1 aliphatic carbocycles. The summed E-state index contributed by atoms with van der Waals surface area (Å²) < 4.78 is 7.19. The highest BCUT2D eigenvalue weighted by Gasteiger charge is 2.25. The van der Waals surface area contributed by atoms with Crippen LogP contribution in [0.25, 0.3) is 22.0 Å². The van der Waals surface area contributed by atoms with E-state index in [9.17, 15) is 14.7 Å². The first-order valence-electron chi connectivity index (χ1n) is 11.9. The van der Waals surface area contributed by atoms with Gasteiger partial charge in [-0.1, -0.05) is 55.3 Å². The minimum Gasteiger partial charge on any atom is -0.497 e. The number of carboxylic acids is 1. The molecule has 0 aliphatic heterocycles. The van der Waals surface area contributed by atoms with Crippen molar-refractivity contribution in [3.05, 3.63) is 84.1 Å². The van der Waals surface area contributed by atoms with E-state index in [1.54, 1.807) is 7.11 Å². The minimum atomic E-state index is -1.00. The third kappa shape index (κ3) is 4.52. The Morgan fingerprint density at radius 1 is 1.00 bits per heavy atom. The Bertz CT molecular complexity index is 1400. The number of benzene rings is 3. The zero-order valence-electron chi connectivity index (χ0n) is 19.7. The molecule has 5 rings (SSSR count). The van der Waals surface area contributed by atoms with E-state index in [1.807, 2.05) is 77.4 Å². The van der Waals surface area contributed by atoms with Crippen molar-refractivity contribution in [2.24, 2.45) is 5.92 Å². The van der Waals surface area contributed by atoms with E-state index < -0.39 is 5.97 Å². The number of fused-ring (bicyclic) bond motifs is 1. The van der Waals surface area contributed by atoms with Crippen LogP contribution in [0.15, 0.2) is 72.8 Å². The molecule has 0 saturated heterocycles. The van der Waals surface area contributed by atoms with E-state index in [2.05, 4.69) is 5.32 Å². The van der Waals surface area contributed by atoms with Gasteiger partial charge in [-0.3, -0.25) is 4.79 Å². The summed E-state index contributed by atoms with van der Waals surface area (Å²) in [6.45, 7) is 0.386. The maximum absolute atomic E-state index is 12.7. The lowest BCUT2D eigenvalue weighted by Crippen LogP contribution is -2.20. The van der Waals surface area contributed by atoms with Crippen molar-refractivity contribution in [1.29, 1.82) is 0 Å². The maximum atomic E-state index is 12.7. The smallest absolute Gasteiger partial charge is 0.353 e. The second-order valence-electron chi connectivity index (χ2n) is 9.04. The van der Waals surface area contributed by atoms with E-state index in [1.165, 1.54) is 0 Å². The van der Waals surface area contributed by atoms with Gasteiger partial charge in [-0.05, 0) is 54.3 Å². The summed E-state index contributed by atoms with van der Waals surface area (Å²) in [4.78, 5) is 25.3. The number of hydrogen-bond donors (Lipinski definition) is 2. The third-order valence-electron chi connectivity index (χ3n) is 6.79. The lowest BCUT2D eigenvalue weighted by atomic mass is 10.0. The lowest BCUT2D eigenvalue weighted by molar-refractivity contribution is -0.119. The first-order chi connectivity index (χ1) is 17.0. The molecule has 1 heterocycles. The summed E-state index contributed by atoms with van der Waals surface area (Å²) in [5, 5.41) is 14.2. The van der Waals surface area contributed by atoms with Gasteiger partial charge in [-0.2, -0.15) is 0 Å². The largest absolute Gasteiger partial charge is 0.497 e. The Kier molecular flexibility index (Phi) is 6.27. The average Bonchev–Trinajstić information content (AvgIpc) is 3.52. The van der Waals surface area contributed by atoms with E-state index in [4.69, 9.17) is 4.74 Å². The summed E-state index contributed by atoms with van der Waals surface area (Å²) in [5.41, 5.74) is 4.08. The fourth-order valence-corrected chi connectivity index (χ4v) is 5.12. The zero-order valence-corrected chi connectivity index (χ0v) is 19.7. The number of nitrogens with zero attached hydrogens (tertiary/aromatic N) is 1. The highest BCUT2D eigenvalue weighted by atomic mass is 16.5. The van der Waals surface area contributed by atoms with Crippen LogP contribution in [0.3, 0.4) is 0 Å². The van der Waals surface area contributed by atoms with Gasteiger partial charge in [0.05, 0.1) is 7.11 Å². The van der Waals surface area contributed by atoms with Crippen molar-refractivity contribution in [1.82, 2.24) is 4.57 Å². The van der Waals surface area contributed by atoms with Gasteiger partial charge >= 0.3 is 5.97 Å². The van der Waals surface area contributed by atoms with Gasteiger partial charge in [-0.15, -0.1) is 0 Å². The molecule has 0 bridgehead atoms. The fraction of sp³-hybridized carbons (Fsp3) is 0.241. The zero-order chi connectivity index (χ0) is 24.4. The minimum absolute atomic E-state index is 0.0403. The van der Waals surface area contributed by atoms with Crippen molar-refractivity contribution in [3.63, 3.8) is 0 Å². The molecule has 4 aromatic rings. The SMILES string of the molecule is COc1cccc(Cn2c(C(=O)O)c(-c3cccc(NC(=O)C4CCCC4)c3)c3ccccc32)c1. The molecular formula is C29H28N2O4. The molecule has 6 nitrogen and oxygen atoms in total. The highest BCUT2D eigenvalue weighted by molar-refractivity contribution is 6.08. The Hall–Kier alpha value is -4.06. The Balaban J connectivity index is 1.59. The van der Waals surface area contributed by atoms with E-state index in [0.717, 1.165) is 53.5 Å². The molecule has 2 N–H and O–H groups in total. The molecule has 0 radical (unpaired) electrons. The second kappa shape index (κ2) is 9.66. The Labute approximate surface area is 204 Å². The molecule has 0 unspecified atom stereocenters. The summed E-state index contributed by atoms with van der Waals surface area (Å²) >= 11 is 0. The van der Waals surface area contributed by atoms with Gasteiger partial charge in [0.2, 0.25) is 5.91 Å². The van der Waals surface area contributed by atoms with Crippen LogP contribution in [0.2, 0.25) is 0 Å². The predicted octanol–water partition coefficient (Wildman–Crippen LogP) is 6.19. The molecule has 1 aromatic heterocycles. The van der Waals surface area contributed by atoms with Crippen LogP contribution in [0.1, 0.15) is 41.7 Å². The number of methoxy groups -OCH3 is 1. The van der Waals surface area contributed by atoms with Crippen molar-refractivity contribution in [2.75, 3.05) is 12.4 Å². The second-order valence-corrected chi connectivity index (χ2v) is 9.04. The number of hydrogen-bond acceptors (Lipinski definition) is 3. The maximum Gasteiger partial charge on any atom is 0.353 e. The van der Waals surface area contributed by atoms with Crippen LogP contribution in [0.4, 0.5) is 5.69 Å². The molecule has 3 aromatic carbocycles. The number of rotatable bonds is 7.